The molecule has 0 bridgehead atoms. The lowest BCUT2D eigenvalue weighted by Crippen LogP contribution is -2.51. The number of aryl methyl sites for hydroxylation is 1. The summed E-state index contributed by atoms with van der Waals surface area (Å²) < 4.78 is 70.4. The van der Waals surface area contributed by atoms with Crippen molar-refractivity contribution in [2.45, 2.75) is 25.1 Å². The molecule has 0 unspecified atom stereocenters. The highest BCUT2D eigenvalue weighted by atomic mass is 127. The first-order valence-corrected chi connectivity index (χ1v) is 12.4. The number of aromatic nitrogens is 1. The number of hydrogen-bond acceptors (Lipinski definition) is 2. The molecule has 0 fully saturated rings. The number of rotatable bonds is 6. The van der Waals surface area contributed by atoms with E-state index in [1.165, 1.54) is 24.4 Å². The van der Waals surface area contributed by atoms with Crippen LogP contribution < -0.4 is 10.6 Å². The summed E-state index contributed by atoms with van der Waals surface area (Å²) in [5, 5.41) is 5.26. The molecule has 38 heavy (non-hydrogen) atoms. The Bertz CT molecular complexity index is 1460. The van der Waals surface area contributed by atoms with Crippen LogP contribution in [0.5, 0.6) is 0 Å². The maximum Gasteiger partial charge on any atom is 0.416 e. The van der Waals surface area contributed by atoms with Crippen LogP contribution in [0.4, 0.5) is 32.4 Å². The molecule has 4 rings (SSSR count). The monoisotopic (exact) mass is 637 g/mol. The second-order valence-electron chi connectivity index (χ2n) is 8.75. The fraction of sp³-hybridized carbons (Fsp3) is 0.143. The quantitative estimate of drug-likeness (QED) is 0.169. The number of pyridine rings is 1. The number of anilines is 1. The number of carbonyl (C=O) groups excluding carboxylic acids is 1. The van der Waals surface area contributed by atoms with E-state index < -0.39 is 34.9 Å². The number of nitrogens with one attached hydrogen (secondary N) is 2. The van der Waals surface area contributed by atoms with Gasteiger partial charge in [0.1, 0.15) is 17.2 Å². The van der Waals surface area contributed by atoms with Gasteiger partial charge in [0.15, 0.2) is 0 Å². The fourth-order valence-corrected chi connectivity index (χ4v) is 4.52. The molecule has 0 radical (unpaired) electrons. The Morgan fingerprint density at radius 2 is 1.63 bits per heavy atom. The molecule has 2 amide bonds. The van der Waals surface area contributed by atoms with Crippen molar-refractivity contribution >= 4 is 34.3 Å². The number of urea groups is 1. The van der Waals surface area contributed by atoms with Gasteiger partial charge in [0.2, 0.25) is 0 Å². The van der Waals surface area contributed by atoms with Crippen LogP contribution in [0.2, 0.25) is 0 Å². The largest absolute Gasteiger partial charge is 0.416 e. The van der Waals surface area contributed by atoms with E-state index in [-0.39, 0.29) is 23.4 Å². The van der Waals surface area contributed by atoms with Crippen molar-refractivity contribution in [3.05, 3.63) is 128 Å². The van der Waals surface area contributed by atoms with E-state index in [0.717, 1.165) is 27.3 Å². The maximum absolute atomic E-state index is 14.7. The lowest BCUT2D eigenvalue weighted by atomic mass is 9.79. The van der Waals surface area contributed by atoms with Crippen molar-refractivity contribution in [1.29, 1.82) is 0 Å². The summed E-state index contributed by atoms with van der Waals surface area (Å²) in [6, 6.07) is 16.9. The topological polar surface area (TPSA) is 54.0 Å². The second-order valence-corrected chi connectivity index (χ2v) is 9.99. The van der Waals surface area contributed by atoms with Crippen LogP contribution in [-0.4, -0.2) is 11.0 Å². The highest BCUT2D eigenvalue weighted by Crippen LogP contribution is 2.38. The summed E-state index contributed by atoms with van der Waals surface area (Å²) in [7, 11) is 0. The van der Waals surface area contributed by atoms with Gasteiger partial charge in [0.25, 0.3) is 0 Å². The number of benzene rings is 3. The SMILES string of the molecule is Cc1cccc(C[C@@](NC(=O)Nc2cccc(F)c2)(c2cc(F)cc(C(F)(F)F)c2)c2ccc(I)cn2)c1. The van der Waals surface area contributed by atoms with Crippen molar-refractivity contribution in [2.24, 2.45) is 0 Å². The van der Waals surface area contributed by atoms with Crippen molar-refractivity contribution in [1.82, 2.24) is 10.3 Å². The van der Waals surface area contributed by atoms with Crippen LogP contribution in [0.1, 0.15) is 27.9 Å². The Kier molecular flexibility index (Phi) is 8.00. The van der Waals surface area contributed by atoms with E-state index in [9.17, 15) is 26.7 Å². The number of carbonyl (C=O) groups is 1. The molecule has 1 atom stereocenters. The van der Waals surface area contributed by atoms with Gasteiger partial charge in [0.05, 0.1) is 11.3 Å². The smallest absolute Gasteiger partial charge is 0.322 e. The van der Waals surface area contributed by atoms with Crippen LogP contribution >= 0.6 is 22.6 Å². The van der Waals surface area contributed by atoms with Crippen molar-refractivity contribution < 1.29 is 26.7 Å². The summed E-state index contributed by atoms with van der Waals surface area (Å²) in [6.07, 6.45) is -3.40. The van der Waals surface area contributed by atoms with Crippen LogP contribution in [0, 0.1) is 22.1 Å². The minimum Gasteiger partial charge on any atom is -0.322 e. The maximum atomic E-state index is 14.7. The Morgan fingerprint density at radius 3 is 2.29 bits per heavy atom. The highest BCUT2D eigenvalue weighted by Gasteiger charge is 2.41. The van der Waals surface area contributed by atoms with Crippen molar-refractivity contribution in [3.8, 4) is 0 Å². The fourth-order valence-electron chi connectivity index (χ4n) is 4.20. The minimum atomic E-state index is -4.84. The highest BCUT2D eigenvalue weighted by molar-refractivity contribution is 14.1. The molecule has 0 spiro atoms. The molecule has 0 aliphatic carbocycles. The first-order chi connectivity index (χ1) is 17.9. The number of halogens is 6. The van der Waals surface area contributed by atoms with Crippen LogP contribution in [0.25, 0.3) is 0 Å². The molecule has 4 aromatic rings. The van der Waals surface area contributed by atoms with E-state index in [1.54, 1.807) is 24.3 Å². The van der Waals surface area contributed by atoms with Gasteiger partial charge >= 0.3 is 12.2 Å². The molecule has 10 heteroatoms. The van der Waals surface area contributed by atoms with Gasteiger partial charge in [-0.2, -0.15) is 13.2 Å². The van der Waals surface area contributed by atoms with E-state index >= 15 is 0 Å². The van der Waals surface area contributed by atoms with Crippen molar-refractivity contribution in [3.63, 3.8) is 0 Å². The van der Waals surface area contributed by atoms with Gasteiger partial charge in [-0.3, -0.25) is 4.98 Å². The minimum absolute atomic E-state index is 0.0560. The lowest BCUT2D eigenvalue weighted by Gasteiger charge is -2.36. The third-order valence-corrected chi connectivity index (χ3v) is 6.48. The predicted octanol–water partition coefficient (Wildman–Crippen LogP) is 7.60. The first kappa shape index (κ1) is 27.5. The van der Waals surface area contributed by atoms with Gasteiger partial charge in [0, 0.05) is 21.9 Å². The Morgan fingerprint density at radius 1 is 0.895 bits per heavy atom. The molecule has 0 saturated heterocycles. The average Bonchev–Trinajstić information content (AvgIpc) is 2.83. The van der Waals surface area contributed by atoms with Crippen molar-refractivity contribution in [2.75, 3.05) is 5.32 Å². The summed E-state index contributed by atoms with van der Waals surface area (Å²) in [6.45, 7) is 1.85. The number of alkyl halides is 3. The molecule has 1 heterocycles. The number of amides is 2. The molecule has 0 saturated carbocycles. The van der Waals surface area contributed by atoms with Gasteiger partial charge in [-0.15, -0.1) is 0 Å². The van der Waals surface area contributed by atoms with Crippen LogP contribution in [0.3, 0.4) is 0 Å². The Hall–Kier alpha value is -3.54. The summed E-state index contributed by atoms with van der Waals surface area (Å²) in [4.78, 5) is 17.7. The predicted molar refractivity (Wildman–Crippen MR) is 143 cm³/mol. The van der Waals surface area contributed by atoms with Gasteiger partial charge < -0.3 is 10.6 Å². The van der Waals surface area contributed by atoms with Gasteiger partial charge in [-0.05, 0) is 89.2 Å². The molecular formula is C28H21F5IN3O. The molecule has 1 aromatic heterocycles. The zero-order valence-electron chi connectivity index (χ0n) is 19.9. The third-order valence-electron chi connectivity index (χ3n) is 5.84. The number of hydrogen-bond donors (Lipinski definition) is 2. The van der Waals surface area contributed by atoms with E-state index in [1.807, 2.05) is 41.6 Å². The summed E-state index contributed by atoms with van der Waals surface area (Å²) >= 11 is 2.03. The van der Waals surface area contributed by atoms with E-state index in [2.05, 4.69) is 15.6 Å². The molecular weight excluding hydrogens is 616 g/mol. The standard InChI is InChI=1S/C28H21F5IN3O/c1-17-4-2-5-18(10-17)15-27(25-9-8-23(34)16-35-25,19-11-20(28(31,32)33)13-22(30)12-19)37-26(38)36-24-7-3-6-21(29)14-24/h2-14,16H,15H2,1H3,(H2,36,37,38)/t27-/m1/s1. The first-order valence-electron chi connectivity index (χ1n) is 11.4. The van der Waals surface area contributed by atoms with Gasteiger partial charge in [-0.1, -0.05) is 35.9 Å². The zero-order valence-corrected chi connectivity index (χ0v) is 22.1. The summed E-state index contributed by atoms with van der Waals surface area (Å²) in [5.74, 6) is -1.71. The average molecular weight is 637 g/mol. The molecule has 196 valence electrons. The Balaban J connectivity index is 1.92. The normalized spacial score (nSPS) is 13.0. The van der Waals surface area contributed by atoms with E-state index in [4.69, 9.17) is 0 Å². The molecule has 3 aromatic carbocycles. The number of nitrogens with zero attached hydrogens (tertiary/aromatic N) is 1. The summed E-state index contributed by atoms with van der Waals surface area (Å²) in [5.41, 5.74) is -1.25. The van der Waals surface area contributed by atoms with Gasteiger partial charge in [-0.25, -0.2) is 13.6 Å². The molecule has 0 aliphatic rings. The van der Waals surface area contributed by atoms with Crippen LogP contribution in [-0.2, 0) is 18.1 Å². The van der Waals surface area contributed by atoms with E-state index in [0.29, 0.717) is 11.6 Å². The Labute approximate surface area is 229 Å². The molecule has 2 N–H and O–H groups in total. The molecule has 0 aliphatic heterocycles. The zero-order chi connectivity index (χ0) is 27.5. The van der Waals surface area contributed by atoms with Crippen LogP contribution in [0.15, 0.2) is 85.1 Å². The third kappa shape index (κ3) is 6.47. The molecule has 4 nitrogen and oxygen atoms in total. The lowest BCUT2D eigenvalue weighted by molar-refractivity contribution is -0.137. The second kappa shape index (κ2) is 11.1.